The smallest absolute Gasteiger partial charge is 0.250 e. The minimum absolute atomic E-state index is 0.0127. The van der Waals surface area contributed by atoms with Crippen LogP contribution in [0.15, 0.2) is 0 Å². The second-order valence-electron chi connectivity index (χ2n) is 3.06. The van der Waals surface area contributed by atoms with Gasteiger partial charge in [-0.3, -0.25) is 4.79 Å². The van der Waals surface area contributed by atoms with E-state index in [1.54, 1.807) is 21.0 Å². The van der Waals surface area contributed by atoms with Crippen LogP contribution in [0, 0.1) is 0 Å². The monoisotopic (exact) mass is 159 g/mol. The van der Waals surface area contributed by atoms with Crippen LogP contribution >= 0.6 is 0 Å². The molecule has 1 unspecified atom stereocenters. The maximum absolute atomic E-state index is 11.2. The Morgan fingerprint density at radius 1 is 1.27 bits per heavy atom. The van der Waals surface area contributed by atoms with Crippen LogP contribution in [-0.2, 0) is 9.53 Å². The zero-order valence-electron chi connectivity index (χ0n) is 7.92. The molecule has 0 fully saturated rings. The van der Waals surface area contributed by atoms with Crippen molar-refractivity contribution in [2.24, 2.45) is 0 Å². The van der Waals surface area contributed by atoms with Crippen molar-refractivity contribution in [2.45, 2.75) is 33.0 Å². The highest BCUT2D eigenvalue weighted by molar-refractivity contribution is 5.79. The second-order valence-corrected chi connectivity index (χ2v) is 3.06. The predicted octanol–water partition coefficient (Wildman–Crippen LogP) is 0.888. The van der Waals surface area contributed by atoms with E-state index in [-0.39, 0.29) is 18.1 Å². The van der Waals surface area contributed by atoms with E-state index in [0.717, 1.165) is 0 Å². The number of carbonyl (C=O) groups is 1. The lowest BCUT2D eigenvalue weighted by atomic mass is 10.3. The van der Waals surface area contributed by atoms with Gasteiger partial charge in [-0.15, -0.1) is 0 Å². The van der Waals surface area contributed by atoms with Crippen molar-refractivity contribution >= 4 is 5.91 Å². The number of amides is 1. The van der Waals surface area contributed by atoms with Gasteiger partial charge in [-0.05, 0) is 20.8 Å². The lowest BCUT2D eigenvalue weighted by Gasteiger charge is -2.19. The summed E-state index contributed by atoms with van der Waals surface area (Å²) in [7, 11) is 3.45. The van der Waals surface area contributed by atoms with E-state index < -0.39 is 0 Å². The van der Waals surface area contributed by atoms with Crippen LogP contribution in [0.2, 0.25) is 0 Å². The molecule has 1 amide bonds. The lowest BCUT2D eigenvalue weighted by Crippen LogP contribution is -2.34. The van der Waals surface area contributed by atoms with E-state index in [9.17, 15) is 4.79 Å². The van der Waals surface area contributed by atoms with E-state index in [1.165, 1.54) is 4.90 Å². The van der Waals surface area contributed by atoms with Crippen molar-refractivity contribution < 1.29 is 9.53 Å². The molecule has 0 aromatic carbocycles. The summed E-state index contributed by atoms with van der Waals surface area (Å²) in [6.07, 6.45) is -0.223. The molecule has 0 spiro atoms. The van der Waals surface area contributed by atoms with E-state index in [0.29, 0.717) is 0 Å². The summed E-state index contributed by atoms with van der Waals surface area (Å²) in [6.45, 7) is 5.60. The van der Waals surface area contributed by atoms with Crippen molar-refractivity contribution in [3.8, 4) is 0 Å². The van der Waals surface area contributed by atoms with Gasteiger partial charge in [-0.2, -0.15) is 0 Å². The van der Waals surface area contributed by atoms with Crippen LogP contribution in [0.25, 0.3) is 0 Å². The van der Waals surface area contributed by atoms with Crippen LogP contribution in [0.5, 0.6) is 0 Å². The molecule has 0 heterocycles. The van der Waals surface area contributed by atoms with Crippen LogP contribution in [0.1, 0.15) is 20.8 Å². The molecule has 0 rings (SSSR count). The van der Waals surface area contributed by atoms with Crippen molar-refractivity contribution in [1.82, 2.24) is 4.90 Å². The zero-order chi connectivity index (χ0) is 9.02. The van der Waals surface area contributed by atoms with Gasteiger partial charge < -0.3 is 9.64 Å². The Labute approximate surface area is 68.3 Å². The first-order valence-electron chi connectivity index (χ1n) is 3.81. The van der Waals surface area contributed by atoms with Gasteiger partial charge in [0.1, 0.15) is 6.10 Å². The van der Waals surface area contributed by atoms with Gasteiger partial charge in [-0.1, -0.05) is 0 Å². The van der Waals surface area contributed by atoms with Gasteiger partial charge in [0.25, 0.3) is 5.91 Å². The molecule has 0 saturated heterocycles. The molecule has 0 aliphatic heterocycles. The normalized spacial score (nSPS) is 13.3. The summed E-state index contributed by atoms with van der Waals surface area (Å²) in [6, 6.07) is 0. The molecular weight excluding hydrogens is 142 g/mol. The fraction of sp³-hybridized carbons (Fsp3) is 0.875. The molecule has 0 saturated carbocycles. The van der Waals surface area contributed by atoms with E-state index in [4.69, 9.17) is 4.74 Å². The number of hydrogen-bond acceptors (Lipinski definition) is 2. The largest absolute Gasteiger partial charge is 0.366 e. The second kappa shape index (κ2) is 4.34. The average molecular weight is 159 g/mol. The zero-order valence-corrected chi connectivity index (χ0v) is 7.92. The molecule has 3 nitrogen and oxygen atoms in total. The molecule has 0 aliphatic rings. The Morgan fingerprint density at radius 2 is 1.73 bits per heavy atom. The van der Waals surface area contributed by atoms with Gasteiger partial charge in [0.2, 0.25) is 0 Å². The Morgan fingerprint density at radius 3 is 2.00 bits per heavy atom. The third kappa shape index (κ3) is 3.98. The maximum atomic E-state index is 11.2. The highest BCUT2D eigenvalue weighted by Gasteiger charge is 2.15. The summed E-state index contributed by atoms with van der Waals surface area (Å²) in [4.78, 5) is 12.7. The van der Waals surface area contributed by atoms with Crippen molar-refractivity contribution in [3.05, 3.63) is 0 Å². The highest BCUT2D eigenvalue weighted by atomic mass is 16.5. The van der Waals surface area contributed by atoms with Crippen LogP contribution in [-0.4, -0.2) is 37.1 Å². The molecule has 0 N–H and O–H groups in total. The first kappa shape index (κ1) is 10.4. The van der Waals surface area contributed by atoms with Gasteiger partial charge in [0.15, 0.2) is 0 Å². The van der Waals surface area contributed by atoms with Gasteiger partial charge in [0.05, 0.1) is 6.10 Å². The number of ether oxygens (including phenoxy) is 1. The topological polar surface area (TPSA) is 29.5 Å². The third-order valence-corrected chi connectivity index (χ3v) is 1.26. The fourth-order valence-corrected chi connectivity index (χ4v) is 0.830. The molecule has 0 aromatic rings. The van der Waals surface area contributed by atoms with Crippen molar-refractivity contribution in [2.75, 3.05) is 14.1 Å². The standard InChI is InChI=1S/C8H17NO2/c1-6(2)11-7(3)8(10)9(4)5/h6-7H,1-5H3. The van der Waals surface area contributed by atoms with Crippen LogP contribution in [0.3, 0.4) is 0 Å². The first-order valence-corrected chi connectivity index (χ1v) is 3.81. The molecule has 3 heteroatoms. The molecule has 1 atom stereocenters. The Bertz CT molecular complexity index is 132. The number of hydrogen-bond donors (Lipinski definition) is 0. The fourth-order valence-electron chi connectivity index (χ4n) is 0.830. The molecule has 11 heavy (non-hydrogen) atoms. The Kier molecular flexibility index (Phi) is 4.11. The molecule has 0 bridgehead atoms. The maximum Gasteiger partial charge on any atom is 0.250 e. The van der Waals surface area contributed by atoms with E-state index in [1.807, 2.05) is 13.8 Å². The summed E-state index contributed by atoms with van der Waals surface area (Å²) < 4.78 is 5.28. The Balaban J connectivity index is 3.83. The van der Waals surface area contributed by atoms with E-state index in [2.05, 4.69) is 0 Å². The van der Waals surface area contributed by atoms with Crippen LogP contribution in [0.4, 0.5) is 0 Å². The minimum Gasteiger partial charge on any atom is -0.366 e. The minimum atomic E-state index is -0.329. The number of likely N-dealkylation sites (N-methyl/N-ethyl adjacent to an activating group) is 1. The SMILES string of the molecule is CC(C)OC(C)C(=O)N(C)C. The van der Waals surface area contributed by atoms with Gasteiger partial charge >= 0.3 is 0 Å². The van der Waals surface area contributed by atoms with E-state index >= 15 is 0 Å². The summed E-state index contributed by atoms with van der Waals surface area (Å²) in [5.41, 5.74) is 0. The summed E-state index contributed by atoms with van der Waals surface area (Å²) >= 11 is 0. The summed E-state index contributed by atoms with van der Waals surface area (Å²) in [5, 5.41) is 0. The molecule has 0 aliphatic carbocycles. The molecular formula is C8H17NO2. The van der Waals surface area contributed by atoms with Crippen molar-refractivity contribution in [3.63, 3.8) is 0 Å². The van der Waals surface area contributed by atoms with Gasteiger partial charge in [0, 0.05) is 14.1 Å². The van der Waals surface area contributed by atoms with Gasteiger partial charge in [-0.25, -0.2) is 0 Å². The van der Waals surface area contributed by atoms with Crippen molar-refractivity contribution in [1.29, 1.82) is 0 Å². The Hall–Kier alpha value is -0.570. The number of carbonyl (C=O) groups excluding carboxylic acids is 1. The predicted molar refractivity (Wildman–Crippen MR) is 44.4 cm³/mol. The summed E-state index contributed by atoms with van der Waals surface area (Å²) in [5.74, 6) is 0.0127. The third-order valence-electron chi connectivity index (χ3n) is 1.26. The quantitative estimate of drug-likeness (QED) is 0.612. The molecule has 0 aromatic heterocycles. The molecule has 66 valence electrons. The number of rotatable bonds is 3. The highest BCUT2D eigenvalue weighted by Crippen LogP contribution is 1.99. The lowest BCUT2D eigenvalue weighted by molar-refractivity contribution is -0.142. The molecule has 0 radical (unpaired) electrons. The van der Waals surface area contributed by atoms with Crippen LogP contribution < -0.4 is 0 Å². The average Bonchev–Trinajstić information content (AvgIpc) is 1.84. The number of nitrogens with zero attached hydrogens (tertiary/aromatic N) is 1. The first-order chi connectivity index (χ1) is 4.95.